The Morgan fingerprint density at radius 1 is 1.44 bits per heavy atom. The van der Waals surface area contributed by atoms with Crippen LogP contribution in [-0.4, -0.2) is 19.6 Å². The predicted octanol–water partition coefficient (Wildman–Crippen LogP) is 1.79. The molecule has 2 aromatic heterocycles. The summed E-state index contributed by atoms with van der Waals surface area (Å²) >= 11 is 0. The predicted molar refractivity (Wildman–Crippen MR) is 65.3 cm³/mol. The van der Waals surface area contributed by atoms with E-state index in [1.165, 1.54) is 12.3 Å². The van der Waals surface area contributed by atoms with Crippen molar-refractivity contribution in [1.82, 2.24) is 14.5 Å². The maximum atomic E-state index is 13.1. The second-order valence-corrected chi connectivity index (χ2v) is 4.62. The molecule has 96 valence electrons. The number of aromatic nitrogens is 3. The SMILES string of the molecule is Cn1ccnc1CCC(C)(O)c1cncc(F)c1. The van der Waals surface area contributed by atoms with Gasteiger partial charge in [-0.3, -0.25) is 4.98 Å². The van der Waals surface area contributed by atoms with Gasteiger partial charge in [0, 0.05) is 37.6 Å². The molecule has 0 aromatic carbocycles. The van der Waals surface area contributed by atoms with Crippen LogP contribution in [0.25, 0.3) is 0 Å². The summed E-state index contributed by atoms with van der Waals surface area (Å²) in [6, 6.07) is 1.31. The van der Waals surface area contributed by atoms with Crippen LogP contribution in [0.15, 0.2) is 30.9 Å². The summed E-state index contributed by atoms with van der Waals surface area (Å²) in [5, 5.41) is 10.4. The van der Waals surface area contributed by atoms with E-state index < -0.39 is 11.4 Å². The maximum absolute atomic E-state index is 13.1. The number of hydrogen-bond donors (Lipinski definition) is 1. The summed E-state index contributed by atoms with van der Waals surface area (Å²) in [6.07, 6.45) is 7.26. The fourth-order valence-corrected chi connectivity index (χ4v) is 1.84. The van der Waals surface area contributed by atoms with Gasteiger partial charge in [0.05, 0.1) is 11.8 Å². The van der Waals surface area contributed by atoms with Crippen molar-refractivity contribution in [3.63, 3.8) is 0 Å². The van der Waals surface area contributed by atoms with Gasteiger partial charge in [0.1, 0.15) is 11.6 Å². The van der Waals surface area contributed by atoms with Crippen molar-refractivity contribution in [3.8, 4) is 0 Å². The van der Waals surface area contributed by atoms with E-state index in [9.17, 15) is 9.50 Å². The largest absolute Gasteiger partial charge is 0.385 e. The Kier molecular flexibility index (Phi) is 3.43. The number of imidazole rings is 1. The Bertz CT molecular complexity index is 537. The zero-order valence-corrected chi connectivity index (χ0v) is 10.5. The summed E-state index contributed by atoms with van der Waals surface area (Å²) in [5.74, 6) is 0.449. The van der Waals surface area contributed by atoms with Crippen molar-refractivity contribution >= 4 is 0 Å². The molecule has 2 aromatic rings. The standard InChI is InChI=1S/C13H16FN3O/c1-13(18,10-7-11(14)9-15-8-10)4-3-12-16-5-6-17(12)2/h5-9,18H,3-4H2,1-2H3. The van der Waals surface area contributed by atoms with Gasteiger partial charge in [-0.15, -0.1) is 0 Å². The highest BCUT2D eigenvalue weighted by Gasteiger charge is 2.24. The summed E-state index contributed by atoms with van der Waals surface area (Å²) in [5.41, 5.74) is -0.627. The number of aliphatic hydroxyl groups is 1. The minimum Gasteiger partial charge on any atom is -0.385 e. The zero-order valence-electron chi connectivity index (χ0n) is 10.5. The molecule has 0 saturated heterocycles. The van der Waals surface area contributed by atoms with E-state index in [0.717, 1.165) is 12.0 Å². The van der Waals surface area contributed by atoms with Crippen molar-refractivity contribution in [2.75, 3.05) is 0 Å². The first-order valence-corrected chi connectivity index (χ1v) is 5.78. The van der Waals surface area contributed by atoms with Gasteiger partial charge in [-0.25, -0.2) is 9.37 Å². The van der Waals surface area contributed by atoms with Gasteiger partial charge in [0.25, 0.3) is 0 Å². The third-order valence-corrected chi connectivity index (χ3v) is 3.08. The van der Waals surface area contributed by atoms with Gasteiger partial charge >= 0.3 is 0 Å². The zero-order chi connectivity index (χ0) is 13.2. The molecule has 1 N–H and O–H groups in total. The van der Waals surface area contributed by atoms with Crippen LogP contribution >= 0.6 is 0 Å². The molecule has 0 aliphatic heterocycles. The molecule has 0 aliphatic carbocycles. The minimum absolute atomic E-state index is 0.440. The summed E-state index contributed by atoms with van der Waals surface area (Å²) in [6.45, 7) is 1.66. The smallest absolute Gasteiger partial charge is 0.141 e. The number of nitrogens with zero attached hydrogens (tertiary/aromatic N) is 3. The molecule has 0 amide bonds. The summed E-state index contributed by atoms with van der Waals surface area (Å²) in [7, 11) is 1.90. The van der Waals surface area contributed by atoms with E-state index in [4.69, 9.17) is 0 Å². The van der Waals surface area contributed by atoms with Crippen LogP contribution in [0.1, 0.15) is 24.7 Å². The van der Waals surface area contributed by atoms with E-state index in [0.29, 0.717) is 18.4 Å². The Labute approximate surface area is 105 Å². The lowest BCUT2D eigenvalue weighted by Crippen LogP contribution is -2.23. The van der Waals surface area contributed by atoms with Crippen LogP contribution in [0.4, 0.5) is 4.39 Å². The third-order valence-electron chi connectivity index (χ3n) is 3.08. The highest BCUT2D eigenvalue weighted by Crippen LogP contribution is 2.25. The van der Waals surface area contributed by atoms with Crippen molar-refractivity contribution in [2.24, 2.45) is 7.05 Å². The molecule has 2 rings (SSSR count). The lowest BCUT2D eigenvalue weighted by atomic mass is 9.92. The monoisotopic (exact) mass is 249 g/mol. The van der Waals surface area contributed by atoms with Gasteiger partial charge in [0.15, 0.2) is 0 Å². The first-order chi connectivity index (χ1) is 8.49. The van der Waals surface area contributed by atoms with Crippen LogP contribution in [0, 0.1) is 5.82 Å². The third kappa shape index (κ3) is 2.73. The minimum atomic E-state index is -1.11. The van der Waals surface area contributed by atoms with Gasteiger partial charge in [-0.05, 0) is 19.4 Å². The topological polar surface area (TPSA) is 50.9 Å². The fourth-order valence-electron chi connectivity index (χ4n) is 1.84. The van der Waals surface area contributed by atoms with E-state index in [2.05, 4.69) is 9.97 Å². The Balaban J connectivity index is 2.10. The molecular formula is C13H16FN3O. The Morgan fingerprint density at radius 3 is 2.83 bits per heavy atom. The van der Waals surface area contributed by atoms with Gasteiger partial charge in [0.2, 0.25) is 0 Å². The molecular weight excluding hydrogens is 233 g/mol. The highest BCUT2D eigenvalue weighted by atomic mass is 19.1. The van der Waals surface area contributed by atoms with Crippen LogP contribution in [0.3, 0.4) is 0 Å². The second-order valence-electron chi connectivity index (χ2n) is 4.62. The lowest BCUT2D eigenvalue weighted by Gasteiger charge is -2.23. The number of pyridine rings is 1. The molecule has 0 aliphatic rings. The van der Waals surface area contributed by atoms with Crippen LogP contribution in [0.5, 0.6) is 0 Å². The molecule has 0 spiro atoms. The molecule has 0 fully saturated rings. The molecule has 4 nitrogen and oxygen atoms in total. The number of aryl methyl sites for hydroxylation is 2. The molecule has 18 heavy (non-hydrogen) atoms. The molecule has 0 radical (unpaired) electrons. The number of hydrogen-bond acceptors (Lipinski definition) is 3. The fraction of sp³-hybridized carbons (Fsp3) is 0.385. The lowest BCUT2D eigenvalue weighted by molar-refractivity contribution is 0.0466. The summed E-state index contributed by atoms with van der Waals surface area (Å²) < 4.78 is 15.0. The molecule has 0 bridgehead atoms. The van der Waals surface area contributed by atoms with E-state index in [1.54, 1.807) is 13.1 Å². The molecule has 1 unspecified atom stereocenters. The van der Waals surface area contributed by atoms with Crippen molar-refractivity contribution < 1.29 is 9.50 Å². The van der Waals surface area contributed by atoms with E-state index in [1.807, 2.05) is 17.8 Å². The summed E-state index contributed by atoms with van der Waals surface area (Å²) in [4.78, 5) is 7.95. The van der Waals surface area contributed by atoms with Crippen molar-refractivity contribution in [3.05, 3.63) is 48.1 Å². The van der Waals surface area contributed by atoms with Crippen molar-refractivity contribution in [1.29, 1.82) is 0 Å². The molecule has 1 atom stereocenters. The highest BCUT2D eigenvalue weighted by molar-refractivity contribution is 5.18. The van der Waals surface area contributed by atoms with E-state index in [-0.39, 0.29) is 0 Å². The number of halogens is 1. The quantitative estimate of drug-likeness (QED) is 0.898. The number of rotatable bonds is 4. The molecule has 2 heterocycles. The molecule has 5 heteroatoms. The van der Waals surface area contributed by atoms with Crippen LogP contribution < -0.4 is 0 Å². The van der Waals surface area contributed by atoms with Gasteiger partial charge in [-0.2, -0.15) is 0 Å². The van der Waals surface area contributed by atoms with Crippen LogP contribution in [-0.2, 0) is 19.1 Å². The van der Waals surface area contributed by atoms with Gasteiger partial charge in [-0.1, -0.05) is 0 Å². The Hall–Kier alpha value is -1.75. The molecule has 0 saturated carbocycles. The van der Waals surface area contributed by atoms with Crippen molar-refractivity contribution in [2.45, 2.75) is 25.4 Å². The first kappa shape index (κ1) is 12.7. The average molecular weight is 249 g/mol. The van der Waals surface area contributed by atoms with Gasteiger partial charge < -0.3 is 9.67 Å². The van der Waals surface area contributed by atoms with E-state index >= 15 is 0 Å². The Morgan fingerprint density at radius 2 is 2.22 bits per heavy atom. The maximum Gasteiger partial charge on any atom is 0.141 e. The second kappa shape index (κ2) is 4.86. The average Bonchev–Trinajstić information content (AvgIpc) is 2.72. The first-order valence-electron chi connectivity index (χ1n) is 5.78. The van der Waals surface area contributed by atoms with Crippen LogP contribution in [0.2, 0.25) is 0 Å². The normalized spacial score (nSPS) is 14.4.